The first-order chi connectivity index (χ1) is 7.94. The second-order valence-corrected chi connectivity index (χ2v) is 3.46. The summed E-state index contributed by atoms with van der Waals surface area (Å²) < 4.78 is 24.0. The smallest absolute Gasteiger partial charge is 0.0456 e. The zero-order valence-electron chi connectivity index (χ0n) is 11.4. The van der Waals surface area contributed by atoms with E-state index in [1.165, 1.54) is 4.90 Å². The fourth-order valence-corrected chi connectivity index (χ4v) is 1.41. The third-order valence-corrected chi connectivity index (χ3v) is 2.10. The van der Waals surface area contributed by atoms with E-state index >= 15 is 0 Å². The van der Waals surface area contributed by atoms with E-state index in [-0.39, 0.29) is 0 Å². The molecule has 2 aromatic rings. The highest BCUT2D eigenvalue weighted by molar-refractivity contribution is 5.83. The van der Waals surface area contributed by atoms with E-state index in [4.69, 9.17) is 4.11 Å². The lowest BCUT2D eigenvalue weighted by Gasteiger charge is -2.07. The Hall–Kier alpha value is -1.28. The molecule has 0 saturated carbocycles. The van der Waals surface area contributed by atoms with Gasteiger partial charge in [0.15, 0.2) is 0 Å². The highest BCUT2D eigenvalue weighted by Crippen LogP contribution is 2.17. The van der Waals surface area contributed by atoms with Gasteiger partial charge in [0.2, 0.25) is 0 Å². The molecule has 0 aliphatic heterocycles. The molecule has 0 fully saturated rings. The molecular weight excluding hydrogens is 172 g/mol. The van der Waals surface area contributed by atoms with E-state index in [2.05, 4.69) is 4.98 Å². The lowest BCUT2D eigenvalue weighted by molar-refractivity contribution is 0.414. The number of nitrogens with zero attached hydrogens (tertiary/aromatic N) is 1. The normalized spacial score (nSPS) is 17.8. The average molecular weight is 191 g/mol. The van der Waals surface area contributed by atoms with Gasteiger partial charge in [-0.1, -0.05) is 18.2 Å². The zero-order chi connectivity index (χ0) is 12.6. The standard InChI is InChI=1S/C12H16N2/c1-14(2)8-7-10-9-13-12-6-4-3-5-11(10)12/h3-6,9,13H,7-8H2,1-2H3/i7D,8D2. The quantitative estimate of drug-likeness (QED) is 0.788. The van der Waals surface area contributed by atoms with Gasteiger partial charge >= 0.3 is 0 Å². The molecule has 2 heteroatoms. The third-order valence-electron chi connectivity index (χ3n) is 2.10. The van der Waals surface area contributed by atoms with Gasteiger partial charge < -0.3 is 9.88 Å². The average Bonchev–Trinajstić information content (AvgIpc) is 2.71. The van der Waals surface area contributed by atoms with E-state index in [0.29, 0.717) is 5.56 Å². The summed E-state index contributed by atoms with van der Waals surface area (Å²) in [6.45, 7) is -1.69. The molecule has 1 N–H and O–H groups in total. The zero-order valence-corrected chi connectivity index (χ0v) is 8.41. The van der Waals surface area contributed by atoms with Crippen molar-refractivity contribution in [1.29, 1.82) is 0 Å². The first-order valence-corrected chi connectivity index (χ1v) is 4.60. The second kappa shape index (κ2) is 3.84. The van der Waals surface area contributed by atoms with Crippen molar-refractivity contribution in [1.82, 2.24) is 9.88 Å². The summed E-state index contributed by atoms with van der Waals surface area (Å²) in [5.74, 6) is 0. The largest absolute Gasteiger partial charge is 0.361 e. The molecule has 0 spiro atoms. The fraction of sp³-hybridized carbons (Fsp3) is 0.333. The predicted octanol–water partition coefficient (Wildman–Crippen LogP) is 2.27. The summed E-state index contributed by atoms with van der Waals surface area (Å²) in [6.07, 6.45) is 0.789. The van der Waals surface area contributed by atoms with E-state index in [0.717, 1.165) is 10.9 Å². The van der Waals surface area contributed by atoms with Gasteiger partial charge in [-0.05, 0) is 32.1 Å². The first-order valence-electron chi connectivity index (χ1n) is 6.18. The van der Waals surface area contributed by atoms with Crippen molar-refractivity contribution >= 4 is 10.9 Å². The molecule has 14 heavy (non-hydrogen) atoms. The van der Waals surface area contributed by atoms with E-state index in [1.54, 1.807) is 20.3 Å². The van der Waals surface area contributed by atoms with Gasteiger partial charge in [0.1, 0.15) is 0 Å². The highest BCUT2D eigenvalue weighted by Gasteiger charge is 2.02. The number of likely N-dealkylation sites (N-methyl/N-ethyl adjacent to an activating group) is 1. The molecule has 1 aromatic heterocycles. The summed E-state index contributed by atoms with van der Waals surface area (Å²) in [4.78, 5) is 4.51. The van der Waals surface area contributed by atoms with Gasteiger partial charge in [-0.25, -0.2) is 0 Å². The molecule has 0 amide bonds. The Labute approximate surface area is 88.8 Å². The Morgan fingerprint density at radius 3 is 2.93 bits per heavy atom. The van der Waals surface area contributed by atoms with Gasteiger partial charge in [-0.15, -0.1) is 0 Å². The summed E-state index contributed by atoms with van der Waals surface area (Å²) in [7, 11) is 3.30. The van der Waals surface area contributed by atoms with Crippen LogP contribution in [0, 0.1) is 0 Å². The molecule has 0 radical (unpaired) electrons. The van der Waals surface area contributed by atoms with Crippen molar-refractivity contribution in [3.8, 4) is 0 Å². The lowest BCUT2D eigenvalue weighted by Crippen LogP contribution is -2.14. The van der Waals surface area contributed by atoms with Gasteiger partial charge in [-0.2, -0.15) is 0 Å². The van der Waals surface area contributed by atoms with Crippen LogP contribution in [0.5, 0.6) is 0 Å². The van der Waals surface area contributed by atoms with Crippen LogP contribution in [0.15, 0.2) is 30.5 Å². The number of benzene rings is 1. The van der Waals surface area contributed by atoms with Crippen LogP contribution < -0.4 is 0 Å². The van der Waals surface area contributed by atoms with Crippen LogP contribution in [0.4, 0.5) is 0 Å². The Morgan fingerprint density at radius 1 is 1.36 bits per heavy atom. The van der Waals surface area contributed by atoms with Crippen molar-refractivity contribution in [2.24, 2.45) is 0 Å². The predicted molar refractivity (Wildman–Crippen MR) is 60.6 cm³/mol. The van der Waals surface area contributed by atoms with Crippen molar-refractivity contribution in [3.63, 3.8) is 0 Å². The number of para-hydroxylation sites is 1. The molecule has 74 valence electrons. The molecule has 2 nitrogen and oxygen atoms in total. The molecule has 0 aliphatic carbocycles. The summed E-state index contributed by atoms with van der Waals surface area (Å²) >= 11 is 0. The Morgan fingerprint density at radius 2 is 2.14 bits per heavy atom. The van der Waals surface area contributed by atoms with Gasteiger partial charge in [0.05, 0.1) is 0 Å². The Bertz CT molecular complexity index is 519. The van der Waals surface area contributed by atoms with Crippen LogP contribution in [-0.4, -0.2) is 30.5 Å². The van der Waals surface area contributed by atoms with E-state index < -0.39 is 12.9 Å². The summed E-state index contributed by atoms with van der Waals surface area (Å²) in [5, 5.41) is 0.915. The summed E-state index contributed by atoms with van der Waals surface area (Å²) in [6, 6.07) is 7.66. The molecule has 1 aromatic carbocycles. The minimum Gasteiger partial charge on any atom is -0.361 e. The number of hydrogen-bond acceptors (Lipinski definition) is 1. The maximum absolute atomic E-state index is 8.11. The van der Waals surface area contributed by atoms with Crippen LogP contribution in [0.25, 0.3) is 10.9 Å². The monoisotopic (exact) mass is 191 g/mol. The molecule has 1 unspecified atom stereocenters. The molecule has 0 aliphatic rings. The number of nitrogens with one attached hydrogen (secondary N) is 1. The number of fused-ring (bicyclic) bond motifs is 1. The number of aryl methyl sites for hydroxylation is 1. The van der Waals surface area contributed by atoms with Crippen molar-refractivity contribution < 1.29 is 4.11 Å². The maximum atomic E-state index is 8.11. The van der Waals surface area contributed by atoms with Crippen LogP contribution in [0.3, 0.4) is 0 Å². The number of hydrogen-bond donors (Lipinski definition) is 1. The molecular formula is C12H16N2. The van der Waals surface area contributed by atoms with Crippen LogP contribution in [0.2, 0.25) is 0 Å². The minimum absolute atomic E-state index is 0.694. The van der Waals surface area contributed by atoms with Crippen molar-refractivity contribution in [2.75, 3.05) is 20.6 Å². The van der Waals surface area contributed by atoms with Gasteiger partial charge in [0, 0.05) is 27.7 Å². The Kier molecular flexibility index (Phi) is 1.72. The number of rotatable bonds is 3. The lowest BCUT2D eigenvalue weighted by atomic mass is 10.1. The maximum Gasteiger partial charge on any atom is 0.0456 e. The number of aromatic amines is 1. The summed E-state index contributed by atoms with van der Waals surface area (Å²) in [5.41, 5.74) is 1.63. The second-order valence-electron chi connectivity index (χ2n) is 3.46. The van der Waals surface area contributed by atoms with Crippen LogP contribution in [-0.2, 0) is 6.40 Å². The molecule has 0 saturated heterocycles. The minimum atomic E-state index is -1.69. The number of aromatic nitrogens is 1. The molecule has 1 heterocycles. The molecule has 2 rings (SSSR count). The van der Waals surface area contributed by atoms with E-state index in [9.17, 15) is 0 Å². The van der Waals surface area contributed by atoms with Crippen molar-refractivity contribution in [2.45, 2.75) is 6.40 Å². The fourth-order valence-electron chi connectivity index (χ4n) is 1.41. The molecule has 1 atom stereocenters. The SMILES string of the molecule is [2H]C(c1c[nH]c2ccccc12)C([2H])([2H])N(C)C. The van der Waals surface area contributed by atoms with Gasteiger partial charge in [-0.3, -0.25) is 0 Å². The van der Waals surface area contributed by atoms with Gasteiger partial charge in [0.25, 0.3) is 0 Å². The topological polar surface area (TPSA) is 19.0 Å². The first kappa shape index (κ1) is 6.25. The van der Waals surface area contributed by atoms with E-state index in [1.807, 2.05) is 24.3 Å². The molecule has 0 bridgehead atoms. The highest BCUT2D eigenvalue weighted by atomic mass is 15.0. The van der Waals surface area contributed by atoms with Crippen LogP contribution >= 0.6 is 0 Å². The third kappa shape index (κ3) is 1.80. The number of H-pyrrole nitrogens is 1. The Balaban J connectivity index is 2.47. The van der Waals surface area contributed by atoms with Crippen LogP contribution in [0.1, 0.15) is 9.68 Å². The van der Waals surface area contributed by atoms with Crippen molar-refractivity contribution in [3.05, 3.63) is 36.0 Å².